The van der Waals surface area contributed by atoms with E-state index in [9.17, 15) is 19.5 Å². The topological polar surface area (TPSA) is 103 Å². The molecule has 1 aromatic heterocycles. The first-order valence-corrected chi connectivity index (χ1v) is 9.36. The highest BCUT2D eigenvalue weighted by molar-refractivity contribution is 7.71. The van der Waals surface area contributed by atoms with Crippen molar-refractivity contribution in [1.29, 1.82) is 0 Å². The molecule has 1 atom stereocenters. The molecule has 8 nitrogen and oxygen atoms in total. The molecule has 0 saturated heterocycles. The largest absolute Gasteiger partial charge is 0.494 e. The van der Waals surface area contributed by atoms with Gasteiger partial charge in [-0.25, -0.2) is 4.79 Å². The highest BCUT2D eigenvalue weighted by atomic mass is 32.1. The van der Waals surface area contributed by atoms with Crippen LogP contribution in [0.1, 0.15) is 58.8 Å². The van der Waals surface area contributed by atoms with Crippen LogP contribution in [-0.4, -0.2) is 37.8 Å². The number of ketones is 1. The van der Waals surface area contributed by atoms with Gasteiger partial charge in [0.1, 0.15) is 11.2 Å². The van der Waals surface area contributed by atoms with Crippen LogP contribution in [0, 0.1) is 10.7 Å². The van der Waals surface area contributed by atoms with E-state index in [4.69, 9.17) is 17.0 Å². The van der Waals surface area contributed by atoms with Crippen molar-refractivity contribution in [1.82, 2.24) is 14.5 Å². The van der Waals surface area contributed by atoms with Gasteiger partial charge < -0.3 is 15.2 Å². The zero-order chi connectivity index (χ0) is 21.1. The van der Waals surface area contributed by atoms with Gasteiger partial charge in [0.2, 0.25) is 5.88 Å². The molecule has 0 spiro atoms. The third-order valence-corrected chi connectivity index (χ3v) is 4.34. The van der Waals surface area contributed by atoms with Crippen molar-refractivity contribution in [3.63, 3.8) is 0 Å². The van der Waals surface area contributed by atoms with E-state index in [1.54, 1.807) is 48.5 Å². The predicted molar refractivity (Wildman–Crippen MR) is 105 cm³/mol. The second-order valence-corrected chi connectivity index (χ2v) is 7.87. The first-order chi connectivity index (χ1) is 12.4. The Kier molecular flexibility index (Phi) is 7.36. The Hall–Kier alpha value is -2.16. The summed E-state index contributed by atoms with van der Waals surface area (Å²) >= 11 is 5.22. The van der Waals surface area contributed by atoms with Crippen LogP contribution in [0.25, 0.3) is 0 Å². The fourth-order valence-electron chi connectivity index (χ4n) is 2.59. The molecule has 0 aliphatic carbocycles. The maximum atomic E-state index is 13.1. The van der Waals surface area contributed by atoms with Crippen LogP contribution in [0.4, 0.5) is 4.79 Å². The lowest BCUT2D eigenvalue weighted by Crippen LogP contribution is -2.48. The van der Waals surface area contributed by atoms with Gasteiger partial charge in [0, 0.05) is 13.1 Å². The van der Waals surface area contributed by atoms with E-state index in [0.717, 1.165) is 0 Å². The summed E-state index contributed by atoms with van der Waals surface area (Å²) in [7, 11) is 0. The number of rotatable bonds is 6. The number of amides is 1. The van der Waals surface area contributed by atoms with Crippen molar-refractivity contribution in [2.45, 2.75) is 73.2 Å². The second kappa shape index (κ2) is 8.69. The van der Waals surface area contributed by atoms with Gasteiger partial charge in [0.25, 0.3) is 5.56 Å². The van der Waals surface area contributed by atoms with Gasteiger partial charge in [0.05, 0.1) is 6.04 Å². The monoisotopic (exact) mass is 399 g/mol. The number of hydrogen-bond acceptors (Lipinski definition) is 6. The smallest absolute Gasteiger partial charge is 0.408 e. The van der Waals surface area contributed by atoms with Crippen molar-refractivity contribution in [3.05, 3.63) is 20.7 Å². The van der Waals surface area contributed by atoms with Gasteiger partial charge in [0.15, 0.2) is 10.6 Å². The van der Waals surface area contributed by atoms with Gasteiger partial charge in [-0.1, -0.05) is 13.8 Å². The van der Waals surface area contributed by atoms with Gasteiger partial charge in [-0.3, -0.25) is 18.7 Å². The van der Waals surface area contributed by atoms with E-state index in [2.05, 4.69) is 5.32 Å². The molecule has 0 aliphatic rings. The summed E-state index contributed by atoms with van der Waals surface area (Å²) < 4.78 is 7.91. The van der Waals surface area contributed by atoms with Crippen LogP contribution in [-0.2, 0) is 17.8 Å². The summed E-state index contributed by atoms with van der Waals surface area (Å²) in [5.74, 6) is -1.51. The maximum Gasteiger partial charge on any atom is 0.408 e. The first-order valence-electron chi connectivity index (χ1n) is 8.95. The van der Waals surface area contributed by atoms with Crippen molar-refractivity contribution in [2.24, 2.45) is 5.92 Å². The zero-order valence-corrected chi connectivity index (χ0v) is 17.8. The Labute approximate surface area is 164 Å². The molecule has 0 bridgehead atoms. The number of carbonyl (C=O) groups excluding carboxylic acids is 2. The number of nitrogens with one attached hydrogen (secondary N) is 1. The standard InChI is InChI=1S/C18H29N3O5S/c1-8-20-14(23)11(15(24)21(9-2)17(20)27)13(22)12(10(3)4)19-16(25)26-18(5,6)7/h10,12,23H,8-9H2,1-7H3,(H,19,25)/t12-/m0/s1. The second-order valence-electron chi connectivity index (χ2n) is 7.51. The van der Waals surface area contributed by atoms with Crippen LogP contribution < -0.4 is 10.9 Å². The molecule has 2 N–H and O–H groups in total. The van der Waals surface area contributed by atoms with Crippen LogP contribution in [0.3, 0.4) is 0 Å². The number of ether oxygens (including phenoxy) is 1. The normalized spacial score (nSPS) is 12.7. The molecule has 1 amide bonds. The lowest BCUT2D eigenvalue weighted by atomic mass is 9.96. The van der Waals surface area contributed by atoms with Gasteiger partial charge >= 0.3 is 6.09 Å². The molecule has 9 heteroatoms. The number of carbonyl (C=O) groups is 2. The number of Topliss-reactive ketones (excluding diaryl/α,β-unsaturated/α-hetero) is 1. The zero-order valence-electron chi connectivity index (χ0n) is 17.0. The van der Waals surface area contributed by atoms with E-state index < -0.39 is 35.0 Å². The molecule has 0 unspecified atom stereocenters. The molecule has 0 radical (unpaired) electrons. The van der Waals surface area contributed by atoms with Crippen molar-refractivity contribution in [3.8, 4) is 5.88 Å². The summed E-state index contributed by atoms with van der Waals surface area (Å²) in [5.41, 5.74) is -1.80. The first kappa shape index (κ1) is 22.9. The summed E-state index contributed by atoms with van der Waals surface area (Å²) in [6.07, 6.45) is -0.770. The number of aromatic hydroxyl groups is 1. The van der Waals surface area contributed by atoms with E-state index in [0.29, 0.717) is 0 Å². The van der Waals surface area contributed by atoms with Crippen LogP contribution >= 0.6 is 12.2 Å². The molecule has 27 heavy (non-hydrogen) atoms. The summed E-state index contributed by atoms with van der Waals surface area (Å²) in [6.45, 7) is 12.6. The quantitative estimate of drug-likeness (QED) is 0.563. The van der Waals surface area contributed by atoms with E-state index >= 15 is 0 Å². The number of hydrogen-bond donors (Lipinski definition) is 2. The Morgan fingerprint density at radius 2 is 1.70 bits per heavy atom. The fourth-order valence-corrected chi connectivity index (χ4v) is 3.02. The van der Waals surface area contributed by atoms with Crippen molar-refractivity contribution in [2.75, 3.05) is 0 Å². The SMILES string of the molecule is CCn1c(O)c(C(=O)[C@@H](NC(=O)OC(C)(C)C)C(C)C)c(=O)n(CC)c1=S. The maximum absolute atomic E-state index is 13.1. The molecule has 0 aromatic carbocycles. The number of alkyl carbamates (subject to hydrolysis) is 1. The average molecular weight is 400 g/mol. The minimum absolute atomic E-state index is 0.139. The highest BCUT2D eigenvalue weighted by Gasteiger charge is 2.32. The van der Waals surface area contributed by atoms with E-state index in [-0.39, 0.29) is 29.3 Å². The molecular formula is C18H29N3O5S. The Balaban J connectivity index is 3.46. The molecule has 0 saturated carbocycles. The Bertz CT molecular complexity index is 833. The molecule has 1 heterocycles. The fraction of sp³-hybridized carbons (Fsp3) is 0.667. The molecule has 1 aromatic rings. The average Bonchev–Trinajstić information content (AvgIpc) is 2.51. The molecule has 0 fully saturated rings. The van der Waals surface area contributed by atoms with Gasteiger partial charge in [-0.15, -0.1) is 0 Å². The number of aromatic nitrogens is 2. The lowest BCUT2D eigenvalue weighted by molar-refractivity contribution is 0.0475. The lowest BCUT2D eigenvalue weighted by Gasteiger charge is -2.25. The minimum atomic E-state index is -1.04. The molecule has 1 rings (SSSR count). The van der Waals surface area contributed by atoms with Crippen LogP contribution in [0.15, 0.2) is 4.79 Å². The van der Waals surface area contributed by atoms with Crippen LogP contribution in [0.5, 0.6) is 5.88 Å². The molecule has 0 aliphatic heterocycles. The highest BCUT2D eigenvalue weighted by Crippen LogP contribution is 2.19. The third-order valence-electron chi connectivity index (χ3n) is 3.90. The van der Waals surface area contributed by atoms with Crippen molar-refractivity contribution < 1.29 is 19.4 Å². The third kappa shape index (κ3) is 5.18. The molecular weight excluding hydrogens is 370 g/mol. The minimum Gasteiger partial charge on any atom is -0.494 e. The van der Waals surface area contributed by atoms with Gasteiger partial charge in [-0.05, 0) is 52.8 Å². The predicted octanol–water partition coefficient (Wildman–Crippen LogP) is 2.86. The van der Waals surface area contributed by atoms with E-state index in [1.165, 1.54) is 9.13 Å². The number of nitrogens with zero attached hydrogens (tertiary/aromatic N) is 2. The summed E-state index contributed by atoms with van der Waals surface area (Å²) in [5, 5.41) is 13.0. The van der Waals surface area contributed by atoms with E-state index in [1.807, 2.05) is 0 Å². The molecule has 152 valence electrons. The Morgan fingerprint density at radius 3 is 2.11 bits per heavy atom. The van der Waals surface area contributed by atoms with Gasteiger partial charge in [-0.2, -0.15) is 0 Å². The summed E-state index contributed by atoms with van der Waals surface area (Å²) in [6, 6.07) is -1.04. The van der Waals surface area contributed by atoms with Crippen molar-refractivity contribution >= 4 is 24.1 Å². The van der Waals surface area contributed by atoms with Crippen LogP contribution in [0.2, 0.25) is 0 Å². The summed E-state index contributed by atoms with van der Waals surface area (Å²) in [4.78, 5) is 38.0. The Morgan fingerprint density at radius 1 is 1.19 bits per heavy atom.